The maximum absolute atomic E-state index is 12.6. The molecule has 0 unspecified atom stereocenters. The summed E-state index contributed by atoms with van der Waals surface area (Å²) in [6.07, 6.45) is 6.67. The molecular weight excluding hydrogens is 404 g/mol. The SMILES string of the molecule is C=C(OC)N1c2ccc3c(nc(CCn4cccn4)n3CC(=O)CCC#N)c2CC[C@@H]1C. The third-order valence-electron chi connectivity index (χ3n) is 6.07. The highest BCUT2D eigenvalue weighted by molar-refractivity contribution is 5.88. The lowest BCUT2D eigenvalue weighted by molar-refractivity contribution is -0.119. The molecular formula is C24H28N6O2. The third-order valence-corrected chi connectivity index (χ3v) is 6.07. The summed E-state index contributed by atoms with van der Waals surface area (Å²) >= 11 is 0. The number of aryl methyl sites for hydroxylation is 3. The highest BCUT2D eigenvalue weighted by Crippen LogP contribution is 2.38. The number of nitriles is 1. The lowest BCUT2D eigenvalue weighted by Crippen LogP contribution is -2.36. The van der Waals surface area contributed by atoms with E-state index in [4.69, 9.17) is 15.0 Å². The first-order valence-electron chi connectivity index (χ1n) is 10.9. The van der Waals surface area contributed by atoms with Crippen molar-refractivity contribution in [3.05, 3.63) is 54.4 Å². The first-order chi connectivity index (χ1) is 15.5. The molecule has 0 saturated heterocycles. The third kappa shape index (κ3) is 4.11. The molecule has 0 amide bonds. The van der Waals surface area contributed by atoms with Crippen LogP contribution in [0, 0.1) is 11.3 Å². The zero-order valence-electron chi connectivity index (χ0n) is 18.6. The van der Waals surface area contributed by atoms with Gasteiger partial charge in [0.1, 0.15) is 5.82 Å². The molecule has 0 aliphatic carbocycles. The molecule has 4 rings (SSSR count). The molecule has 8 heteroatoms. The Morgan fingerprint density at radius 3 is 2.97 bits per heavy atom. The zero-order valence-corrected chi connectivity index (χ0v) is 18.6. The Bertz CT molecular complexity index is 1170. The van der Waals surface area contributed by atoms with Gasteiger partial charge in [0.05, 0.1) is 30.8 Å². The van der Waals surface area contributed by atoms with Crippen molar-refractivity contribution >= 4 is 22.5 Å². The van der Waals surface area contributed by atoms with Gasteiger partial charge in [0.25, 0.3) is 0 Å². The van der Waals surface area contributed by atoms with Crippen LogP contribution in [0.4, 0.5) is 5.69 Å². The molecule has 1 aliphatic rings. The van der Waals surface area contributed by atoms with E-state index in [1.54, 1.807) is 13.3 Å². The van der Waals surface area contributed by atoms with E-state index in [1.807, 2.05) is 27.6 Å². The quantitative estimate of drug-likeness (QED) is 0.480. The minimum atomic E-state index is 0.0342. The van der Waals surface area contributed by atoms with Gasteiger partial charge >= 0.3 is 0 Å². The number of rotatable bonds is 9. The van der Waals surface area contributed by atoms with Crippen LogP contribution in [-0.4, -0.2) is 38.3 Å². The Hall–Kier alpha value is -3.60. The molecule has 3 aromatic rings. The second-order valence-electron chi connectivity index (χ2n) is 8.12. The molecule has 1 aliphatic heterocycles. The molecule has 0 radical (unpaired) electrons. The van der Waals surface area contributed by atoms with E-state index in [9.17, 15) is 4.79 Å². The molecule has 0 bridgehead atoms. The summed E-state index contributed by atoms with van der Waals surface area (Å²) in [5.41, 5.74) is 4.08. The topological polar surface area (TPSA) is 89.0 Å². The summed E-state index contributed by atoms with van der Waals surface area (Å²) in [7, 11) is 1.64. The lowest BCUT2D eigenvalue weighted by atomic mass is 9.95. The van der Waals surface area contributed by atoms with Gasteiger partial charge < -0.3 is 14.2 Å². The number of hydrogen-bond donors (Lipinski definition) is 0. The minimum Gasteiger partial charge on any atom is -0.483 e. The number of nitrogens with zero attached hydrogens (tertiary/aromatic N) is 6. The number of Topliss-reactive ketones (excluding diaryl/α,β-unsaturated/α-hetero) is 1. The van der Waals surface area contributed by atoms with Gasteiger partial charge in [0.2, 0.25) is 0 Å². The first kappa shape index (κ1) is 21.6. The number of ketones is 1. The molecule has 0 fully saturated rings. The Morgan fingerprint density at radius 1 is 1.41 bits per heavy atom. The molecule has 8 nitrogen and oxygen atoms in total. The van der Waals surface area contributed by atoms with Crippen LogP contribution in [0.25, 0.3) is 11.0 Å². The van der Waals surface area contributed by atoms with Gasteiger partial charge in [0, 0.05) is 55.5 Å². The standard InChI is InChI=1S/C24H28N6O2/c1-17-7-8-20-21(30(17)18(2)32-3)9-10-22-24(20)27-23(11-15-28-14-5-13-26-28)29(22)16-19(31)6-4-12-25/h5,9-10,13-14,17H,2,4,6-8,11,15-16H2,1,3H3/t17-/m0/s1. The van der Waals surface area contributed by atoms with Gasteiger partial charge in [-0.15, -0.1) is 0 Å². The number of benzene rings is 1. The van der Waals surface area contributed by atoms with Crippen LogP contribution in [0.15, 0.2) is 43.1 Å². The molecule has 32 heavy (non-hydrogen) atoms. The van der Waals surface area contributed by atoms with E-state index >= 15 is 0 Å². The number of ether oxygens (including phenoxy) is 1. The second kappa shape index (κ2) is 9.27. The van der Waals surface area contributed by atoms with Gasteiger partial charge in [0.15, 0.2) is 11.7 Å². The van der Waals surface area contributed by atoms with Crippen molar-refractivity contribution in [2.45, 2.75) is 58.2 Å². The number of fused-ring (bicyclic) bond motifs is 3. The van der Waals surface area contributed by atoms with Gasteiger partial charge in [-0.05, 0) is 44.5 Å². The van der Waals surface area contributed by atoms with Crippen LogP contribution >= 0.6 is 0 Å². The van der Waals surface area contributed by atoms with Gasteiger partial charge in [-0.25, -0.2) is 4.98 Å². The molecule has 3 heterocycles. The summed E-state index contributed by atoms with van der Waals surface area (Å²) < 4.78 is 9.32. The number of anilines is 1. The summed E-state index contributed by atoms with van der Waals surface area (Å²) in [5, 5.41) is 13.1. The van der Waals surface area contributed by atoms with Crippen LogP contribution in [-0.2, 0) is 35.5 Å². The van der Waals surface area contributed by atoms with Crippen molar-refractivity contribution in [3.8, 4) is 6.07 Å². The van der Waals surface area contributed by atoms with Crippen molar-refractivity contribution in [2.75, 3.05) is 12.0 Å². The number of methoxy groups -OCH3 is 1. The predicted octanol–water partition coefficient (Wildman–Crippen LogP) is 3.61. The largest absolute Gasteiger partial charge is 0.483 e. The lowest BCUT2D eigenvalue weighted by Gasteiger charge is -2.37. The fraction of sp³-hybridized carbons (Fsp3) is 0.417. The maximum atomic E-state index is 12.6. The van der Waals surface area contributed by atoms with E-state index in [1.165, 1.54) is 0 Å². The van der Waals surface area contributed by atoms with Gasteiger partial charge in [-0.1, -0.05) is 0 Å². The number of carbonyl (C=O) groups excluding carboxylic acids is 1. The van der Waals surface area contributed by atoms with Gasteiger partial charge in [-0.3, -0.25) is 9.48 Å². The van der Waals surface area contributed by atoms with E-state index in [0.29, 0.717) is 18.8 Å². The summed E-state index contributed by atoms with van der Waals surface area (Å²) in [6, 6.07) is 8.34. The van der Waals surface area contributed by atoms with Crippen LogP contribution < -0.4 is 4.90 Å². The van der Waals surface area contributed by atoms with Crippen LogP contribution in [0.5, 0.6) is 0 Å². The highest BCUT2D eigenvalue weighted by atomic mass is 16.5. The number of carbonyl (C=O) groups is 1. The average molecular weight is 433 g/mol. The zero-order chi connectivity index (χ0) is 22.7. The van der Waals surface area contributed by atoms with E-state index < -0.39 is 0 Å². The smallest absolute Gasteiger partial charge is 0.186 e. The monoisotopic (exact) mass is 432 g/mol. The first-order valence-corrected chi connectivity index (χ1v) is 10.9. The highest BCUT2D eigenvalue weighted by Gasteiger charge is 2.29. The number of imidazole rings is 1. The molecule has 166 valence electrons. The fourth-order valence-electron chi connectivity index (χ4n) is 4.42. The normalized spacial score (nSPS) is 15.4. The molecule has 0 saturated carbocycles. The summed E-state index contributed by atoms with van der Waals surface area (Å²) in [6.45, 7) is 7.13. The van der Waals surface area contributed by atoms with E-state index in [0.717, 1.165) is 41.0 Å². The number of hydrogen-bond acceptors (Lipinski definition) is 6. The Kier molecular flexibility index (Phi) is 6.26. The van der Waals surface area contributed by atoms with Crippen molar-refractivity contribution in [3.63, 3.8) is 0 Å². The molecule has 0 spiro atoms. The Balaban J connectivity index is 1.76. The van der Waals surface area contributed by atoms with E-state index in [-0.39, 0.29) is 31.2 Å². The molecule has 1 atom stereocenters. The second-order valence-corrected chi connectivity index (χ2v) is 8.12. The van der Waals surface area contributed by atoms with Crippen molar-refractivity contribution in [1.29, 1.82) is 5.26 Å². The van der Waals surface area contributed by atoms with Crippen LogP contribution in [0.3, 0.4) is 0 Å². The average Bonchev–Trinajstić information content (AvgIpc) is 3.43. The summed E-state index contributed by atoms with van der Waals surface area (Å²) in [5.74, 6) is 1.50. The van der Waals surface area contributed by atoms with Crippen molar-refractivity contribution in [1.82, 2.24) is 19.3 Å². The minimum absolute atomic E-state index is 0.0342. The predicted molar refractivity (Wildman–Crippen MR) is 122 cm³/mol. The Morgan fingerprint density at radius 2 is 2.25 bits per heavy atom. The van der Waals surface area contributed by atoms with Crippen LogP contribution in [0.1, 0.15) is 37.6 Å². The van der Waals surface area contributed by atoms with Crippen molar-refractivity contribution in [2.24, 2.45) is 0 Å². The summed E-state index contributed by atoms with van der Waals surface area (Å²) in [4.78, 5) is 19.7. The maximum Gasteiger partial charge on any atom is 0.186 e. The van der Waals surface area contributed by atoms with Crippen LogP contribution in [0.2, 0.25) is 0 Å². The molecule has 1 aromatic carbocycles. The molecule has 0 N–H and O–H groups in total. The molecule has 2 aromatic heterocycles. The van der Waals surface area contributed by atoms with Gasteiger partial charge in [-0.2, -0.15) is 10.4 Å². The number of aromatic nitrogens is 4. The van der Waals surface area contributed by atoms with E-state index in [2.05, 4.69) is 35.6 Å². The Labute approximate surface area is 187 Å². The fourth-order valence-corrected chi connectivity index (χ4v) is 4.42. The van der Waals surface area contributed by atoms with Crippen molar-refractivity contribution < 1.29 is 9.53 Å².